The summed E-state index contributed by atoms with van der Waals surface area (Å²) in [5.41, 5.74) is 1.23. The van der Waals surface area contributed by atoms with Crippen molar-refractivity contribution in [1.29, 1.82) is 0 Å². The number of carbonyl (C=O) groups is 1. The number of unbranched alkanes of at least 4 members (excludes halogenated alkanes) is 1. The summed E-state index contributed by atoms with van der Waals surface area (Å²) in [5, 5.41) is 3.94. The molecule has 1 rings (SSSR count). The SMILES string of the molecule is CCCCN(C)C(=O)CNCCc1ccc(Cl)cc1. The van der Waals surface area contributed by atoms with Gasteiger partial charge in [-0.1, -0.05) is 37.1 Å². The van der Waals surface area contributed by atoms with E-state index >= 15 is 0 Å². The molecule has 0 bridgehead atoms. The Bertz CT molecular complexity index is 378. The zero-order chi connectivity index (χ0) is 14.1. The number of halogens is 1. The van der Waals surface area contributed by atoms with E-state index in [2.05, 4.69) is 12.2 Å². The number of amides is 1. The molecule has 0 heterocycles. The van der Waals surface area contributed by atoms with Crippen LogP contribution in [0.3, 0.4) is 0 Å². The quantitative estimate of drug-likeness (QED) is 0.744. The van der Waals surface area contributed by atoms with Crippen LogP contribution in [0.2, 0.25) is 5.02 Å². The predicted octanol–water partition coefficient (Wildman–Crippen LogP) is 2.73. The molecule has 0 aliphatic heterocycles. The van der Waals surface area contributed by atoms with E-state index in [1.807, 2.05) is 31.3 Å². The topological polar surface area (TPSA) is 32.3 Å². The van der Waals surface area contributed by atoms with E-state index in [1.54, 1.807) is 4.90 Å². The molecule has 3 nitrogen and oxygen atoms in total. The van der Waals surface area contributed by atoms with E-state index in [-0.39, 0.29) is 5.91 Å². The third-order valence-electron chi connectivity index (χ3n) is 3.05. The van der Waals surface area contributed by atoms with Crippen molar-refractivity contribution in [1.82, 2.24) is 10.2 Å². The third kappa shape index (κ3) is 6.60. The van der Waals surface area contributed by atoms with Crippen LogP contribution >= 0.6 is 11.6 Å². The van der Waals surface area contributed by atoms with Gasteiger partial charge in [0.2, 0.25) is 5.91 Å². The summed E-state index contributed by atoms with van der Waals surface area (Å²) in [5.74, 6) is 0.157. The summed E-state index contributed by atoms with van der Waals surface area (Å²) >= 11 is 5.83. The van der Waals surface area contributed by atoms with Gasteiger partial charge in [-0.25, -0.2) is 0 Å². The molecule has 0 aromatic heterocycles. The smallest absolute Gasteiger partial charge is 0.236 e. The minimum Gasteiger partial charge on any atom is -0.345 e. The molecule has 0 aliphatic carbocycles. The molecule has 1 N–H and O–H groups in total. The van der Waals surface area contributed by atoms with E-state index < -0.39 is 0 Å². The van der Waals surface area contributed by atoms with Crippen LogP contribution in [0.4, 0.5) is 0 Å². The summed E-state index contributed by atoms with van der Waals surface area (Å²) in [6.45, 7) is 4.18. The predicted molar refractivity (Wildman–Crippen MR) is 80.6 cm³/mol. The first-order valence-electron chi connectivity index (χ1n) is 6.82. The summed E-state index contributed by atoms with van der Waals surface area (Å²) < 4.78 is 0. The van der Waals surface area contributed by atoms with Crippen LogP contribution in [0.5, 0.6) is 0 Å². The normalized spacial score (nSPS) is 10.5. The van der Waals surface area contributed by atoms with Crippen LogP contribution in [0.25, 0.3) is 0 Å². The molecule has 106 valence electrons. The highest BCUT2D eigenvalue weighted by Gasteiger charge is 2.06. The molecule has 1 aromatic carbocycles. The van der Waals surface area contributed by atoms with Gasteiger partial charge >= 0.3 is 0 Å². The first-order valence-corrected chi connectivity index (χ1v) is 7.20. The second-order valence-corrected chi connectivity index (χ2v) is 5.16. The highest BCUT2D eigenvalue weighted by Crippen LogP contribution is 2.09. The van der Waals surface area contributed by atoms with Gasteiger partial charge in [0.15, 0.2) is 0 Å². The Morgan fingerprint density at radius 3 is 2.63 bits per heavy atom. The Hall–Kier alpha value is -1.06. The van der Waals surface area contributed by atoms with Crippen molar-refractivity contribution >= 4 is 17.5 Å². The average Bonchev–Trinajstić information content (AvgIpc) is 2.42. The lowest BCUT2D eigenvalue weighted by Crippen LogP contribution is -2.36. The summed E-state index contributed by atoms with van der Waals surface area (Å²) in [4.78, 5) is 13.5. The Balaban J connectivity index is 2.16. The van der Waals surface area contributed by atoms with Gasteiger partial charge in [0.1, 0.15) is 0 Å². The standard InChI is InChI=1S/C15H23ClN2O/c1-3-4-11-18(2)15(19)12-17-10-9-13-5-7-14(16)8-6-13/h5-8,17H,3-4,9-12H2,1-2H3. The van der Waals surface area contributed by atoms with Gasteiger partial charge in [-0.05, 0) is 37.1 Å². The van der Waals surface area contributed by atoms with Crippen LogP contribution in [0, 0.1) is 0 Å². The van der Waals surface area contributed by atoms with E-state index in [9.17, 15) is 4.79 Å². The Labute approximate surface area is 120 Å². The Kier molecular flexibility index (Phi) is 7.53. The zero-order valence-corrected chi connectivity index (χ0v) is 12.5. The molecule has 1 amide bonds. The molecule has 1 aromatic rings. The van der Waals surface area contributed by atoms with E-state index in [0.29, 0.717) is 6.54 Å². The molecule has 0 radical (unpaired) electrons. The van der Waals surface area contributed by atoms with Gasteiger partial charge < -0.3 is 10.2 Å². The van der Waals surface area contributed by atoms with E-state index in [4.69, 9.17) is 11.6 Å². The lowest BCUT2D eigenvalue weighted by Gasteiger charge is -2.16. The summed E-state index contributed by atoms with van der Waals surface area (Å²) in [7, 11) is 1.86. The molecule has 0 saturated carbocycles. The van der Waals surface area contributed by atoms with E-state index in [1.165, 1.54) is 5.56 Å². The van der Waals surface area contributed by atoms with Crippen molar-refractivity contribution in [2.75, 3.05) is 26.7 Å². The highest BCUT2D eigenvalue weighted by molar-refractivity contribution is 6.30. The first-order chi connectivity index (χ1) is 9.13. The van der Waals surface area contributed by atoms with Crippen LogP contribution in [0.15, 0.2) is 24.3 Å². The minimum atomic E-state index is 0.157. The van der Waals surface area contributed by atoms with Crippen LogP contribution in [-0.4, -0.2) is 37.5 Å². The fourth-order valence-electron chi connectivity index (χ4n) is 1.73. The van der Waals surface area contributed by atoms with Crippen molar-refractivity contribution in [3.05, 3.63) is 34.9 Å². The number of carbonyl (C=O) groups excluding carboxylic acids is 1. The lowest BCUT2D eigenvalue weighted by molar-refractivity contribution is -0.129. The first kappa shape index (κ1) is 16.0. The van der Waals surface area contributed by atoms with Gasteiger partial charge in [-0.15, -0.1) is 0 Å². The molecule has 4 heteroatoms. The fraction of sp³-hybridized carbons (Fsp3) is 0.533. The number of hydrogen-bond acceptors (Lipinski definition) is 2. The molecule has 0 fully saturated rings. The number of likely N-dealkylation sites (N-methyl/N-ethyl adjacent to an activating group) is 1. The molecule has 0 aliphatic rings. The molecule has 19 heavy (non-hydrogen) atoms. The number of nitrogens with zero attached hydrogens (tertiary/aromatic N) is 1. The second kappa shape index (κ2) is 8.94. The van der Waals surface area contributed by atoms with Crippen molar-refractivity contribution in [2.45, 2.75) is 26.2 Å². The van der Waals surface area contributed by atoms with Gasteiger partial charge in [-0.3, -0.25) is 4.79 Å². The van der Waals surface area contributed by atoms with E-state index in [0.717, 1.165) is 37.4 Å². The lowest BCUT2D eigenvalue weighted by atomic mass is 10.1. The van der Waals surface area contributed by atoms with Crippen LogP contribution in [0.1, 0.15) is 25.3 Å². The summed E-state index contributed by atoms with van der Waals surface area (Å²) in [6, 6.07) is 7.81. The molecule has 0 unspecified atom stereocenters. The number of hydrogen-bond donors (Lipinski definition) is 1. The molecule has 0 spiro atoms. The Morgan fingerprint density at radius 2 is 2.00 bits per heavy atom. The summed E-state index contributed by atoms with van der Waals surface area (Å²) in [6.07, 6.45) is 3.08. The monoisotopic (exact) mass is 282 g/mol. The highest BCUT2D eigenvalue weighted by atomic mass is 35.5. The van der Waals surface area contributed by atoms with Crippen molar-refractivity contribution in [2.24, 2.45) is 0 Å². The largest absolute Gasteiger partial charge is 0.345 e. The molecule has 0 saturated heterocycles. The molecule has 0 atom stereocenters. The van der Waals surface area contributed by atoms with Gasteiger partial charge in [0, 0.05) is 18.6 Å². The maximum Gasteiger partial charge on any atom is 0.236 e. The van der Waals surface area contributed by atoms with Crippen molar-refractivity contribution in [3.63, 3.8) is 0 Å². The number of benzene rings is 1. The minimum absolute atomic E-state index is 0.157. The number of nitrogens with one attached hydrogen (secondary N) is 1. The maximum atomic E-state index is 11.8. The second-order valence-electron chi connectivity index (χ2n) is 4.72. The van der Waals surface area contributed by atoms with Gasteiger partial charge in [0.25, 0.3) is 0 Å². The van der Waals surface area contributed by atoms with Gasteiger partial charge in [0.05, 0.1) is 6.54 Å². The van der Waals surface area contributed by atoms with Crippen molar-refractivity contribution in [3.8, 4) is 0 Å². The third-order valence-corrected chi connectivity index (χ3v) is 3.30. The maximum absolute atomic E-state index is 11.8. The van der Waals surface area contributed by atoms with Gasteiger partial charge in [-0.2, -0.15) is 0 Å². The van der Waals surface area contributed by atoms with Crippen molar-refractivity contribution < 1.29 is 4.79 Å². The Morgan fingerprint density at radius 1 is 1.32 bits per heavy atom. The van der Waals surface area contributed by atoms with Crippen LogP contribution < -0.4 is 5.32 Å². The number of rotatable bonds is 8. The fourth-order valence-corrected chi connectivity index (χ4v) is 1.86. The molecular weight excluding hydrogens is 260 g/mol. The zero-order valence-electron chi connectivity index (χ0n) is 11.8. The van der Waals surface area contributed by atoms with Crippen LogP contribution in [-0.2, 0) is 11.2 Å². The average molecular weight is 283 g/mol. The molecular formula is C15H23ClN2O.